The van der Waals surface area contributed by atoms with Crippen LogP contribution >= 0.6 is 0 Å². The summed E-state index contributed by atoms with van der Waals surface area (Å²) < 4.78 is 0. The molecule has 2 heterocycles. The van der Waals surface area contributed by atoms with Crippen LogP contribution in [0.2, 0.25) is 0 Å². The lowest BCUT2D eigenvalue weighted by molar-refractivity contribution is 0.109. The molecule has 21 heavy (non-hydrogen) atoms. The van der Waals surface area contributed by atoms with Crippen molar-refractivity contribution in [2.75, 3.05) is 19.6 Å². The fraction of sp³-hybridized carbons (Fsp3) is 0.471. The van der Waals surface area contributed by atoms with Crippen LogP contribution in [0.1, 0.15) is 31.4 Å². The smallest absolute Gasteiger partial charge is 0.256 e. The summed E-state index contributed by atoms with van der Waals surface area (Å²) in [5.74, 6) is 0.410. The number of likely N-dealkylation sites (tertiary alicyclic amines) is 1. The van der Waals surface area contributed by atoms with Crippen molar-refractivity contribution in [3.05, 3.63) is 46.4 Å². The number of aliphatic hydroxyl groups excluding tert-OH is 1. The molecular formula is C17H22N2O2. The molecule has 3 rings (SSSR count). The second-order valence-electron chi connectivity index (χ2n) is 6.06. The predicted octanol–water partition coefficient (Wildman–Crippen LogP) is 2.09. The maximum Gasteiger partial charge on any atom is 0.256 e. The number of nitrogens with zero attached hydrogens (tertiary/aromatic N) is 1. The number of β-amino-alcohol motifs (C(OH)–C–C–N with tert-alkyl or cyclic N) is 1. The molecule has 1 aliphatic heterocycles. The molecule has 1 fully saturated rings. The van der Waals surface area contributed by atoms with Crippen LogP contribution in [0.4, 0.5) is 0 Å². The topological polar surface area (TPSA) is 56.3 Å². The minimum absolute atomic E-state index is 0.00881. The Morgan fingerprint density at radius 1 is 1.33 bits per heavy atom. The quantitative estimate of drug-likeness (QED) is 0.908. The number of aliphatic hydroxyl groups is 1. The lowest BCUT2D eigenvalue weighted by Gasteiger charge is -2.32. The molecule has 1 aromatic carbocycles. The minimum Gasteiger partial charge on any atom is -0.392 e. The first kappa shape index (κ1) is 14.3. The van der Waals surface area contributed by atoms with E-state index in [4.69, 9.17) is 0 Å². The highest BCUT2D eigenvalue weighted by Gasteiger charge is 2.22. The van der Waals surface area contributed by atoms with Gasteiger partial charge in [0.2, 0.25) is 0 Å². The first-order valence-corrected chi connectivity index (χ1v) is 7.66. The van der Waals surface area contributed by atoms with Crippen molar-refractivity contribution < 1.29 is 5.11 Å². The third-order valence-electron chi connectivity index (χ3n) is 4.32. The third-order valence-corrected chi connectivity index (χ3v) is 4.32. The fourth-order valence-electron chi connectivity index (χ4n) is 3.25. The van der Waals surface area contributed by atoms with Crippen LogP contribution in [0.25, 0.3) is 10.8 Å². The van der Waals surface area contributed by atoms with Gasteiger partial charge in [-0.2, -0.15) is 0 Å². The molecule has 4 nitrogen and oxygen atoms in total. The molecule has 0 aliphatic carbocycles. The van der Waals surface area contributed by atoms with Crippen molar-refractivity contribution in [2.24, 2.45) is 0 Å². The number of hydrogen-bond donors (Lipinski definition) is 2. The van der Waals surface area contributed by atoms with E-state index in [0.29, 0.717) is 5.92 Å². The van der Waals surface area contributed by atoms with E-state index in [1.165, 1.54) is 0 Å². The van der Waals surface area contributed by atoms with E-state index in [1.54, 1.807) is 0 Å². The molecule has 4 heteroatoms. The van der Waals surface area contributed by atoms with Crippen molar-refractivity contribution in [1.29, 1.82) is 0 Å². The van der Waals surface area contributed by atoms with Gasteiger partial charge in [-0.05, 0) is 50.4 Å². The highest BCUT2D eigenvalue weighted by atomic mass is 16.3. The van der Waals surface area contributed by atoms with Crippen molar-refractivity contribution in [2.45, 2.75) is 31.8 Å². The van der Waals surface area contributed by atoms with Crippen LogP contribution in [0.3, 0.4) is 0 Å². The molecule has 1 aromatic heterocycles. The number of benzene rings is 1. The second-order valence-corrected chi connectivity index (χ2v) is 6.06. The predicted molar refractivity (Wildman–Crippen MR) is 84.7 cm³/mol. The molecule has 2 N–H and O–H groups in total. The van der Waals surface area contributed by atoms with E-state index in [-0.39, 0.29) is 11.7 Å². The highest BCUT2D eigenvalue weighted by Crippen LogP contribution is 2.27. The zero-order valence-electron chi connectivity index (χ0n) is 12.4. The van der Waals surface area contributed by atoms with E-state index in [0.717, 1.165) is 48.9 Å². The van der Waals surface area contributed by atoms with Gasteiger partial charge in [-0.3, -0.25) is 4.79 Å². The van der Waals surface area contributed by atoms with Crippen LogP contribution in [0.15, 0.2) is 35.1 Å². The van der Waals surface area contributed by atoms with Gasteiger partial charge in [0.1, 0.15) is 0 Å². The fourth-order valence-corrected chi connectivity index (χ4v) is 3.25. The van der Waals surface area contributed by atoms with Gasteiger partial charge in [0.05, 0.1) is 6.10 Å². The summed E-state index contributed by atoms with van der Waals surface area (Å²) in [5.41, 5.74) is 1.06. The van der Waals surface area contributed by atoms with Crippen LogP contribution < -0.4 is 5.56 Å². The Morgan fingerprint density at radius 2 is 2.05 bits per heavy atom. The van der Waals surface area contributed by atoms with Gasteiger partial charge < -0.3 is 15.0 Å². The Hall–Kier alpha value is -1.65. The molecule has 0 radical (unpaired) electrons. The zero-order chi connectivity index (χ0) is 14.8. The van der Waals surface area contributed by atoms with Gasteiger partial charge in [-0.1, -0.05) is 18.2 Å². The number of rotatable bonds is 3. The molecule has 0 amide bonds. The van der Waals surface area contributed by atoms with E-state index in [9.17, 15) is 9.90 Å². The minimum atomic E-state index is -0.276. The molecule has 1 unspecified atom stereocenters. The lowest BCUT2D eigenvalue weighted by atomic mass is 9.92. The monoisotopic (exact) mass is 286 g/mol. The standard InChI is InChI=1S/C17H22N2O2/c1-12(20)11-19-8-6-13(7-9-19)16-10-14-4-2-3-5-15(14)17(21)18-16/h2-5,10,12-13,20H,6-9,11H2,1H3,(H,18,21). The SMILES string of the molecule is CC(O)CN1CCC(c2cc3ccccc3c(=O)[nH]2)CC1. The van der Waals surface area contributed by atoms with Crippen molar-refractivity contribution in [1.82, 2.24) is 9.88 Å². The first-order chi connectivity index (χ1) is 10.1. The normalized spacial score (nSPS) is 19.0. The van der Waals surface area contributed by atoms with Gasteiger partial charge in [0.15, 0.2) is 0 Å². The summed E-state index contributed by atoms with van der Waals surface area (Å²) in [6.45, 7) is 4.52. The number of fused-ring (bicyclic) bond motifs is 1. The third kappa shape index (κ3) is 3.17. The summed E-state index contributed by atoms with van der Waals surface area (Å²) in [6.07, 6.45) is 1.78. The zero-order valence-corrected chi connectivity index (χ0v) is 12.4. The van der Waals surface area contributed by atoms with Crippen molar-refractivity contribution in [3.8, 4) is 0 Å². The number of aromatic amines is 1. The summed E-state index contributed by atoms with van der Waals surface area (Å²) in [6, 6.07) is 9.84. The van der Waals surface area contributed by atoms with Gasteiger partial charge in [-0.15, -0.1) is 0 Å². The number of nitrogens with one attached hydrogen (secondary N) is 1. The molecule has 112 valence electrons. The molecular weight excluding hydrogens is 264 g/mol. The first-order valence-electron chi connectivity index (χ1n) is 7.66. The number of hydrogen-bond acceptors (Lipinski definition) is 3. The molecule has 1 atom stereocenters. The van der Waals surface area contributed by atoms with Crippen molar-refractivity contribution >= 4 is 10.8 Å². The summed E-state index contributed by atoms with van der Waals surface area (Å²) in [7, 11) is 0. The molecule has 1 aliphatic rings. The molecule has 0 saturated carbocycles. The summed E-state index contributed by atoms with van der Waals surface area (Å²) in [5, 5.41) is 11.2. The Morgan fingerprint density at radius 3 is 2.76 bits per heavy atom. The highest BCUT2D eigenvalue weighted by molar-refractivity contribution is 5.81. The summed E-state index contributed by atoms with van der Waals surface area (Å²) in [4.78, 5) is 17.5. The average Bonchev–Trinajstić information content (AvgIpc) is 2.47. The largest absolute Gasteiger partial charge is 0.392 e. The number of pyridine rings is 1. The Balaban J connectivity index is 1.78. The van der Waals surface area contributed by atoms with Gasteiger partial charge in [0.25, 0.3) is 5.56 Å². The van der Waals surface area contributed by atoms with E-state index in [1.807, 2.05) is 31.2 Å². The second kappa shape index (κ2) is 6.00. The maximum atomic E-state index is 12.2. The molecule has 0 bridgehead atoms. The van der Waals surface area contributed by atoms with E-state index < -0.39 is 0 Å². The maximum absolute atomic E-state index is 12.2. The summed E-state index contributed by atoms with van der Waals surface area (Å²) >= 11 is 0. The Bertz CT molecular complexity index is 670. The van der Waals surface area contributed by atoms with Crippen LogP contribution in [0.5, 0.6) is 0 Å². The number of aromatic nitrogens is 1. The lowest BCUT2D eigenvalue weighted by Crippen LogP contribution is -2.37. The van der Waals surface area contributed by atoms with Crippen LogP contribution in [-0.4, -0.2) is 40.7 Å². The number of H-pyrrole nitrogens is 1. The van der Waals surface area contributed by atoms with Gasteiger partial charge >= 0.3 is 0 Å². The number of piperidine rings is 1. The van der Waals surface area contributed by atoms with Gasteiger partial charge in [-0.25, -0.2) is 0 Å². The van der Waals surface area contributed by atoms with E-state index >= 15 is 0 Å². The van der Waals surface area contributed by atoms with Crippen LogP contribution in [0, 0.1) is 0 Å². The average molecular weight is 286 g/mol. The molecule has 0 spiro atoms. The molecule has 2 aromatic rings. The Labute approximate surface area is 124 Å². The molecule has 1 saturated heterocycles. The van der Waals surface area contributed by atoms with E-state index in [2.05, 4.69) is 16.0 Å². The van der Waals surface area contributed by atoms with Gasteiger partial charge in [0, 0.05) is 23.5 Å². The Kier molecular flexibility index (Phi) is 4.08. The van der Waals surface area contributed by atoms with Crippen LogP contribution in [-0.2, 0) is 0 Å². The van der Waals surface area contributed by atoms with Crippen molar-refractivity contribution in [3.63, 3.8) is 0 Å².